The minimum Gasteiger partial charge on any atom is -0.478 e. The summed E-state index contributed by atoms with van der Waals surface area (Å²) in [7, 11) is 0. The Bertz CT molecular complexity index is 859. The molecule has 2 atom stereocenters. The molecular weight excluding hydrogens is 341 g/mol. The number of carbonyl (C=O) groups excluding carboxylic acids is 1. The van der Waals surface area contributed by atoms with Gasteiger partial charge >= 0.3 is 11.9 Å². The van der Waals surface area contributed by atoms with E-state index >= 15 is 0 Å². The average molecular weight is 354 g/mol. The largest absolute Gasteiger partial charge is 0.478 e. The monoisotopic (exact) mass is 354 g/mol. The number of aliphatic carboxylic acids is 1. The van der Waals surface area contributed by atoms with E-state index < -0.39 is 41.4 Å². The molecule has 0 saturated heterocycles. The fraction of sp³-hybridized carbons (Fsp3) is 0.312. The number of carboxylic acids is 1. The van der Waals surface area contributed by atoms with E-state index in [-0.39, 0.29) is 29.0 Å². The van der Waals surface area contributed by atoms with Crippen molar-refractivity contribution in [3.05, 3.63) is 51.6 Å². The molecule has 0 fully saturated rings. The number of cyclic esters (lactones) is 1. The molecule has 1 aromatic heterocycles. The summed E-state index contributed by atoms with van der Waals surface area (Å²) < 4.78 is 46.5. The molecule has 0 aliphatic carbocycles. The number of aromatic nitrogens is 1. The standard InChI is InChI=1S/C16H13F3N2O4/c1-5(17)9-7(3-20-14(19)13(9)18)11-10(15(22)23)6(2)21-8-4-25-16(24)12(8)11/h3,5,11,21H,4H2,1-2H3,(H,22,23)/t5-,11?/m1/s1. The Hall–Kier alpha value is -2.84. The molecule has 0 bridgehead atoms. The van der Waals surface area contributed by atoms with Gasteiger partial charge in [-0.25, -0.2) is 23.4 Å². The molecule has 1 aromatic rings. The highest BCUT2D eigenvalue weighted by atomic mass is 19.2. The van der Waals surface area contributed by atoms with Crippen molar-refractivity contribution in [2.24, 2.45) is 0 Å². The predicted molar refractivity (Wildman–Crippen MR) is 77.9 cm³/mol. The van der Waals surface area contributed by atoms with E-state index in [1.54, 1.807) is 0 Å². The Labute approximate surface area is 140 Å². The number of pyridine rings is 1. The topological polar surface area (TPSA) is 88.5 Å². The third kappa shape index (κ3) is 2.55. The summed E-state index contributed by atoms with van der Waals surface area (Å²) in [6.45, 7) is 2.32. The van der Waals surface area contributed by atoms with Gasteiger partial charge < -0.3 is 15.2 Å². The van der Waals surface area contributed by atoms with Crippen molar-refractivity contribution in [2.75, 3.05) is 6.61 Å². The minimum atomic E-state index is -1.95. The molecule has 3 rings (SSSR count). The number of halogens is 3. The molecule has 25 heavy (non-hydrogen) atoms. The highest BCUT2D eigenvalue weighted by molar-refractivity contribution is 6.00. The number of allylic oxidation sites excluding steroid dienone is 1. The van der Waals surface area contributed by atoms with Gasteiger partial charge in [0.05, 0.1) is 22.8 Å². The van der Waals surface area contributed by atoms with Crippen molar-refractivity contribution in [3.8, 4) is 0 Å². The number of nitrogens with zero attached hydrogens (tertiary/aromatic N) is 1. The fourth-order valence-electron chi connectivity index (χ4n) is 3.19. The third-order valence-electron chi connectivity index (χ3n) is 4.20. The van der Waals surface area contributed by atoms with E-state index in [9.17, 15) is 27.9 Å². The fourth-order valence-corrected chi connectivity index (χ4v) is 3.19. The van der Waals surface area contributed by atoms with Crippen LogP contribution in [0.3, 0.4) is 0 Å². The second-order valence-electron chi connectivity index (χ2n) is 5.72. The Kier molecular flexibility index (Phi) is 4.02. The van der Waals surface area contributed by atoms with E-state index in [0.717, 1.165) is 13.1 Å². The van der Waals surface area contributed by atoms with Crippen LogP contribution in [-0.2, 0) is 14.3 Å². The highest BCUT2D eigenvalue weighted by Crippen LogP contribution is 2.44. The molecule has 2 N–H and O–H groups in total. The molecule has 3 heterocycles. The smallest absolute Gasteiger partial charge is 0.337 e. The molecule has 0 amide bonds. The van der Waals surface area contributed by atoms with Gasteiger partial charge in [-0.1, -0.05) is 0 Å². The van der Waals surface area contributed by atoms with Crippen molar-refractivity contribution in [3.63, 3.8) is 0 Å². The van der Waals surface area contributed by atoms with Gasteiger partial charge in [-0.05, 0) is 19.4 Å². The van der Waals surface area contributed by atoms with Crippen LogP contribution in [0.5, 0.6) is 0 Å². The van der Waals surface area contributed by atoms with Crippen molar-refractivity contribution in [1.29, 1.82) is 0 Å². The molecule has 1 unspecified atom stereocenters. The van der Waals surface area contributed by atoms with E-state index in [0.29, 0.717) is 5.70 Å². The lowest BCUT2D eigenvalue weighted by atomic mass is 9.79. The number of alkyl halides is 1. The van der Waals surface area contributed by atoms with Gasteiger partial charge in [0.25, 0.3) is 0 Å². The number of dihydropyridines is 1. The summed E-state index contributed by atoms with van der Waals surface area (Å²) >= 11 is 0. The van der Waals surface area contributed by atoms with Crippen molar-refractivity contribution in [2.45, 2.75) is 25.9 Å². The number of carbonyl (C=O) groups is 2. The Morgan fingerprint density at radius 3 is 2.76 bits per heavy atom. The van der Waals surface area contributed by atoms with Gasteiger partial charge in [0.2, 0.25) is 5.95 Å². The zero-order chi connectivity index (χ0) is 18.5. The zero-order valence-corrected chi connectivity index (χ0v) is 13.2. The number of rotatable bonds is 3. The van der Waals surface area contributed by atoms with Crippen LogP contribution in [-0.4, -0.2) is 28.6 Å². The molecule has 0 saturated carbocycles. The molecule has 2 aliphatic rings. The van der Waals surface area contributed by atoms with Crippen molar-refractivity contribution in [1.82, 2.24) is 10.3 Å². The number of nitrogens with one attached hydrogen (secondary N) is 1. The van der Waals surface area contributed by atoms with Gasteiger partial charge in [0, 0.05) is 17.5 Å². The molecule has 9 heteroatoms. The summed E-state index contributed by atoms with van der Waals surface area (Å²) in [5, 5.41) is 12.3. The Balaban J connectivity index is 2.32. The molecular formula is C16H13F3N2O4. The first-order valence-electron chi connectivity index (χ1n) is 7.33. The van der Waals surface area contributed by atoms with Crippen molar-refractivity contribution < 1.29 is 32.6 Å². The number of carboxylic acid groups (broad SMARTS) is 1. The number of hydrogen-bond donors (Lipinski definition) is 2. The van der Waals surface area contributed by atoms with Crippen LogP contribution in [0.15, 0.2) is 28.7 Å². The maximum Gasteiger partial charge on any atom is 0.337 e. The lowest BCUT2D eigenvalue weighted by Crippen LogP contribution is -2.30. The summed E-state index contributed by atoms with van der Waals surface area (Å²) in [5.74, 6) is -6.52. The summed E-state index contributed by atoms with van der Waals surface area (Å²) in [4.78, 5) is 27.0. The summed E-state index contributed by atoms with van der Waals surface area (Å²) in [6.07, 6.45) is -1.09. The zero-order valence-electron chi connectivity index (χ0n) is 13.2. The SMILES string of the molecule is CC1=C(C(=O)O)C(c2cnc(F)c(F)c2[C@@H](C)F)C2=C(COC2=O)N1. The lowest BCUT2D eigenvalue weighted by molar-refractivity contribution is -0.136. The second-order valence-corrected chi connectivity index (χ2v) is 5.72. The third-order valence-corrected chi connectivity index (χ3v) is 4.20. The number of ether oxygens (including phenoxy) is 1. The van der Waals surface area contributed by atoms with Crippen LogP contribution in [0.1, 0.15) is 37.1 Å². The quantitative estimate of drug-likeness (QED) is 0.639. The normalized spacial score (nSPS) is 21.0. The molecule has 2 aliphatic heterocycles. The van der Waals surface area contributed by atoms with Gasteiger partial charge in [0.15, 0.2) is 5.82 Å². The number of esters is 1. The van der Waals surface area contributed by atoms with E-state index in [4.69, 9.17) is 4.74 Å². The maximum absolute atomic E-state index is 14.1. The molecule has 6 nitrogen and oxygen atoms in total. The van der Waals surface area contributed by atoms with Crippen LogP contribution in [0.25, 0.3) is 0 Å². The molecule has 0 aromatic carbocycles. The van der Waals surface area contributed by atoms with E-state index in [2.05, 4.69) is 10.3 Å². The second kappa shape index (κ2) is 5.91. The van der Waals surface area contributed by atoms with Crippen LogP contribution < -0.4 is 5.32 Å². The van der Waals surface area contributed by atoms with Gasteiger partial charge in [-0.15, -0.1) is 0 Å². The van der Waals surface area contributed by atoms with E-state index in [1.807, 2.05) is 0 Å². The Morgan fingerprint density at radius 1 is 1.48 bits per heavy atom. The van der Waals surface area contributed by atoms with Gasteiger partial charge in [0.1, 0.15) is 12.8 Å². The van der Waals surface area contributed by atoms with Gasteiger partial charge in [-0.2, -0.15) is 4.39 Å². The van der Waals surface area contributed by atoms with Gasteiger partial charge in [-0.3, -0.25) is 0 Å². The predicted octanol–water partition coefficient (Wildman–Crippen LogP) is 2.25. The molecule has 132 valence electrons. The van der Waals surface area contributed by atoms with Crippen LogP contribution in [0, 0.1) is 11.8 Å². The maximum atomic E-state index is 14.1. The molecule has 0 spiro atoms. The minimum absolute atomic E-state index is 0.0716. The van der Waals surface area contributed by atoms with Crippen molar-refractivity contribution >= 4 is 11.9 Å². The summed E-state index contributed by atoms with van der Waals surface area (Å²) in [5.41, 5.74) is -0.752. The van der Waals surface area contributed by atoms with E-state index in [1.165, 1.54) is 6.92 Å². The average Bonchev–Trinajstić information content (AvgIpc) is 2.88. The first-order chi connectivity index (χ1) is 11.7. The van der Waals surface area contributed by atoms with Crippen LogP contribution >= 0.6 is 0 Å². The summed E-state index contributed by atoms with van der Waals surface area (Å²) in [6, 6.07) is 0. The highest BCUT2D eigenvalue weighted by Gasteiger charge is 2.43. The number of hydrogen-bond acceptors (Lipinski definition) is 5. The van der Waals surface area contributed by atoms with Crippen LogP contribution in [0.2, 0.25) is 0 Å². The lowest BCUT2D eigenvalue weighted by Gasteiger charge is -2.28. The first kappa shape index (κ1) is 17.0. The first-order valence-corrected chi connectivity index (χ1v) is 7.33. The Morgan fingerprint density at radius 2 is 2.16 bits per heavy atom. The van der Waals surface area contributed by atoms with Crippen LogP contribution in [0.4, 0.5) is 13.2 Å². The molecule has 0 radical (unpaired) electrons.